The molecule has 0 aromatic heterocycles. The average molecular weight is 838 g/mol. The van der Waals surface area contributed by atoms with Crippen molar-refractivity contribution in [1.29, 1.82) is 5.26 Å². The van der Waals surface area contributed by atoms with E-state index in [4.69, 9.17) is 0 Å². The first-order chi connectivity index (χ1) is 32.7. The largest absolute Gasteiger partial charge is 0.311 e. The van der Waals surface area contributed by atoms with Crippen LogP contribution in [0.5, 0.6) is 0 Å². The van der Waals surface area contributed by atoms with Gasteiger partial charge in [-0.25, -0.2) is 0 Å². The Labute approximate surface area is 387 Å². The molecule has 0 spiro atoms. The van der Waals surface area contributed by atoms with E-state index in [1.807, 2.05) is 18.2 Å². The lowest BCUT2D eigenvalue weighted by Gasteiger charge is -2.44. The molecule has 0 unspecified atom stereocenters. The van der Waals surface area contributed by atoms with Gasteiger partial charge in [0.15, 0.2) is 0 Å². The van der Waals surface area contributed by atoms with Gasteiger partial charge in [0, 0.05) is 34.0 Å². The summed E-state index contributed by atoms with van der Waals surface area (Å²) in [5.41, 5.74) is 21.5. The number of anilines is 6. The third-order valence-corrected chi connectivity index (χ3v) is 13.4. The molecular formula is C61H41B2N3. The quantitative estimate of drug-likeness (QED) is 0.143. The van der Waals surface area contributed by atoms with Crippen LogP contribution in [0.2, 0.25) is 0 Å². The zero-order valence-electron chi connectivity index (χ0n) is 36.2. The van der Waals surface area contributed by atoms with Crippen LogP contribution in [-0.2, 0) is 0 Å². The predicted molar refractivity (Wildman–Crippen MR) is 279 cm³/mol. The van der Waals surface area contributed by atoms with Crippen molar-refractivity contribution in [1.82, 2.24) is 0 Å². The molecule has 10 aromatic rings. The summed E-state index contributed by atoms with van der Waals surface area (Å²) in [7, 11) is 0. The number of nitriles is 1. The van der Waals surface area contributed by atoms with Crippen LogP contribution in [0, 0.1) is 11.3 Å². The van der Waals surface area contributed by atoms with E-state index < -0.39 is 0 Å². The second kappa shape index (κ2) is 16.5. The molecule has 2 aliphatic heterocycles. The van der Waals surface area contributed by atoms with Crippen molar-refractivity contribution in [3.05, 3.63) is 254 Å². The Hall–Kier alpha value is -8.58. The average Bonchev–Trinajstić information content (AvgIpc) is 3.40. The molecule has 0 saturated carbocycles. The molecular weight excluding hydrogens is 796 g/mol. The van der Waals surface area contributed by atoms with Gasteiger partial charge in [-0.3, -0.25) is 0 Å². The van der Waals surface area contributed by atoms with Crippen LogP contribution in [0.3, 0.4) is 0 Å². The summed E-state index contributed by atoms with van der Waals surface area (Å²) in [6, 6.07) is 92.3. The van der Waals surface area contributed by atoms with Crippen LogP contribution >= 0.6 is 0 Å². The van der Waals surface area contributed by atoms with Crippen molar-refractivity contribution in [3.63, 3.8) is 0 Å². The molecule has 0 atom stereocenters. The number of para-hydroxylation sites is 1. The highest BCUT2D eigenvalue weighted by Crippen LogP contribution is 2.47. The fourth-order valence-electron chi connectivity index (χ4n) is 10.5. The molecule has 306 valence electrons. The van der Waals surface area contributed by atoms with Gasteiger partial charge >= 0.3 is 0 Å². The Morgan fingerprint density at radius 2 is 0.864 bits per heavy atom. The van der Waals surface area contributed by atoms with Crippen molar-refractivity contribution in [2.75, 3.05) is 9.80 Å². The highest BCUT2D eigenvalue weighted by Gasteiger charge is 2.44. The van der Waals surface area contributed by atoms with Crippen molar-refractivity contribution in [2.45, 2.75) is 0 Å². The number of hydrogen-bond acceptors (Lipinski definition) is 3. The minimum Gasteiger partial charge on any atom is -0.311 e. The lowest BCUT2D eigenvalue weighted by molar-refractivity contribution is 1.25. The van der Waals surface area contributed by atoms with E-state index in [9.17, 15) is 5.26 Å². The molecule has 0 aliphatic carbocycles. The third kappa shape index (κ3) is 6.71. The fraction of sp³-hybridized carbons (Fsp3) is 0. The van der Waals surface area contributed by atoms with E-state index >= 15 is 0 Å². The van der Waals surface area contributed by atoms with Gasteiger partial charge in [0.25, 0.3) is 6.71 Å². The van der Waals surface area contributed by atoms with Crippen molar-refractivity contribution in [2.24, 2.45) is 0 Å². The van der Waals surface area contributed by atoms with E-state index in [2.05, 4.69) is 246 Å². The fourth-order valence-corrected chi connectivity index (χ4v) is 10.5. The third-order valence-electron chi connectivity index (χ3n) is 13.4. The molecule has 66 heavy (non-hydrogen) atoms. The lowest BCUT2D eigenvalue weighted by atomic mass is 9.32. The Bertz CT molecular complexity index is 3350. The molecule has 0 radical (unpaired) electrons. The molecule has 0 N–H and O–H groups in total. The molecule has 3 nitrogen and oxygen atoms in total. The maximum atomic E-state index is 10.2. The summed E-state index contributed by atoms with van der Waals surface area (Å²) < 4.78 is 0. The first-order valence-electron chi connectivity index (χ1n) is 22.6. The van der Waals surface area contributed by atoms with Crippen LogP contribution in [0.15, 0.2) is 249 Å². The van der Waals surface area contributed by atoms with E-state index in [1.165, 1.54) is 32.8 Å². The number of hydrogen-bond donors (Lipinski definition) is 0. The SMILES string of the molecule is N#Cc1ccc(N2c3ccccc3B3c4ccc(B(c5ccccc5)c5ccccc5)cc4N(c4cc(-c5ccccc5)cc(-c5ccccc5)c4)c4cccc2c43)c(-c2ccccc2)c1. The molecule has 2 heterocycles. The summed E-state index contributed by atoms with van der Waals surface area (Å²) in [5, 5.41) is 10.2. The minimum atomic E-state index is -0.0553. The first-order valence-corrected chi connectivity index (χ1v) is 22.6. The number of nitrogens with zero attached hydrogens (tertiary/aromatic N) is 3. The summed E-state index contributed by atoms with van der Waals surface area (Å²) in [6.07, 6.45) is 0. The highest BCUT2D eigenvalue weighted by molar-refractivity contribution is 7.01. The number of benzene rings is 10. The summed E-state index contributed by atoms with van der Waals surface area (Å²) in [4.78, 5) is 4.96. The monoisotopic (exact) mass is 837 g/mol. The van der Waals surface area contributed by atoms with Crippen LogP contribution in [0.4, 0.5) is 34.1 Å². The molecule has 0 amide bonds. The lowest BCUT2D eigenvalue weighted by Crippen LogP contribution is -2.62. The zero-order chi connectivity index (χ0) is 44.0. The van der Waals surface area contributed by atoms with Crippen LogP contribution < -0.4 is 42.6 Å². The highest BCUT2D eigenvalue weighted by atomic mass is 15.2. The maximum Gasteiger partial charge on any atom is 0.252 e. The van der Waals surface area contributed by atoms with E-state index in [-0.39, 0.29) is 13.4 Å². The minimum absolute atomic E-state index is 0.0183. The molecule has 2 aliphatic rings. The smallest absolute Gasteiger partial charge is 0.252 e. The standard InChI is InChI=1S/C61H41B2N3/c64-42-43-33-36-56(53(37-43)46-23-10-3-11-24-46)66-57-30-17-16-29-54(57)63-55-35-34-51(62(49-25-12-4-13-26-49)50-27-14-5-15-28-50)41-60(55)65(58-31-18-32-59(66)61(58)63)52-39-47(44-19-6-1-7-20-44)38-48(40-52)45-21-8-2-9-22-45/h1-41H. The van der Waals surface area contributed by atoms with Crippen LogP contribution in [0.1, 0.15) is 5.56 Å². The topological polar surface area (TPSA) is 30.3 Å². The second-order valence-electron chi connectivity index (χ2n) is 17.2. The van der Waals surface area contributed by atoms with E-state index in [1.54, 1.807) is 0 Å². The van der Waals surface area contributed by atoms with Crippen molar-refractivity contribution >= 4 is 80.3 Å². The van der Waals surface area contributed by atoms with Crippen LogP contribution in [0.25, 0.3) is 33.4 Å². The Morgan fingerprint density at radius 3 is 1.47 bits per heavy atom. The Balaban J connectivity index is 1.15. The maximum absolute atomic E-state index is 10.2. The van der Waals surface area contributed by atoms with Gasteiger partial charge in [0.2, 0.25) is 6.71 Å². The molecule has 10 aromatic carbocycles. The summed E-state index contributed by atoms with van der Waals surface area (Å²) in [6.45, 7) is -0.0370. The summed E-state index contributed by atoms with van der Waals surface area (Å²) in [5.74, 6) is 0. The first kappa shape index (κ1) is 39.0. The Morgan fingerprint density at radius 1 is 0.348 bits per heavy atom. The van der Waals surface area contributed by atoms with Gasteiger partial charge in [0.05, 0.1) is 17.3 Å². The zero-order valence-corrected chi connectivity index (χ0v) is 36.2. The number of rotatable bonds is 8. The molecule has 5 heteroatoms. The van der Waals surface area contributed by atoms with Gasteiger partial charge in [-0.15, -0.1) is 0 Å². The van der Waals surface area contributed by atoms with E-state index in [0.717, 1.165) is 67.5 Å². The van der Waals surface area contributed by atoms with Gasteiger partial charge in [-0.05, 0) is 105 Å². The van der Waals surface area contributed by atoms with Crippen LogP contribution in [-0.4, -0.2) is 13.4 Å². The predicted octanol–water partition coefficient (Wildman–Crippen LogP) is 11.2. The molecule has 0 fully saturated rings. The summed E-state index contributed by atoms with van der Waals surface area (Å²) >= 11 is 0. The van der Waals surface area contributed by atoms with Crippen molar-refractivity contribution < 1.29 is 0 Å². The van der Waals surface area contributed by atoms with Gasteiger partial charge in [-0.1, -0.05) is 204 Å². The van der Waals surface area contributed by atoms with E-state index in [0.29, 0.717) is 5.56 Å². The second-order valence-corrected chi connectivity index (χ2v) is 17.2. The molecule has 0 saturated heterocycles. The van der Waals surface area contributed by atoms with Gasteiger partial charge in [-0.2, -0.15) is 5.26 Å². The normalized spacial score (nSPS) is 12.1. The number of fused-ring (bicyclic) bond motifs is 4. The Kier molecular flexibility index (Phi) is 9.77. The van der Waals surface area contributed by atoms with Crippen molar-refractivity contribution in [3.8, 4) is 39.4 Å². The molecule has 12 rings (SSSR count). The van der Waals surface area contributed by atoms with Gasteiger partial charge < -0.3 is 9.80 Å². The molecule has 0 bridgehead atoms. The van der Waals surface area contributed by atoms with Gasteiger partial charge in [0.1, 0.15) is 0 Å².